The van der Waals surface area contributed by atoms with Gasteiger partial charge in [-0.05, 0) is 20.8 Å². The van der Waals surface area contributed by atoms with E-state index in [9.17, 15) is 9.59 Å². The summed E-state index contributed by atoms with van der Waals surface area (Å²) < 4.78 is 1.36. The molecule has 0 saturated heterocycles. The number of aryl methyl sites for hydroxylation is 1. The van der Waals surface area contributed by atoms with Crippen LogP contribution < -0.4 is 0 Å². The Morgan fingerprint density at radius 1 is 1.53 bits per heavy atom. The molecule has 1 aromatic rings. The van der Waals surface area contributed by atoms with Crippen molar-refractivity contribution >= 4 is 11.9 Å². The number of hydrogen-bond acceptors (Lipinski definition) is 3. The number of carboxylic acids is 1. The second-order valence-electron chi connectivity index (χ2n) is 4.23. The molecule has 0 aliphatic heterocycles. The molecule has 0 bridgehead atoms. The van der Waals surface area contributed by atoms with Crippen molar-refractivity contribution in [1.29, 1.82) is 0 Å². The van der Waals surface area contributed by atoms with Gasteiger partial charge in [0, 0.05) is 19.3 Å². The lowest BCUT2D eigenvalue weighted by molar-refractivity contribution is -0.132. The molecule has 0 spiro atoms. The Bertz CT molecular complexity index is 437. The number of carbonyl (C=O) groups is 2. The molecule has 0 aromatic carbocycles. The van der Waals surface area contributed by atoms with E-state index in [-0.39, 0.29) is 24.1 Å². The normalized spacial score (nSPS) is 10.6. The molecule has 0 unspecified atom stereocenters. The van der Waals surface area contributed by atoms with Crippen LogP contribution in [0.4, 0.5) is 0 Å². The maximum absolute atomic E-state index is 11.8. The van der Waals surface area contributed by atoms with E-state index < -0.39 is 5.97 Å². The Balaban J connectivity index is 2.79. The van der Waals surface area contributed by atoms with Crippen LogP contribution in [0.3, 0.4) is 0 Å². The summed E-state index contributed by atoms with van der Waals surface area (Å²) in [7, 11) is 1.71. The summed E-state index contributed by atoms with van der Waals surface area (Å²) in [6.07, 6.45) is 1.38. The summed E-state index contributed by atoms with van der Waals surface area (Å²) in [4.78, 5) is 24.2. The molecule has 1 rings (SSSR count). The Hall–Kier alpha value is -1.85. The van der Waals surface area contributed by atoms with Crippen molar-refractivity contribution in [3.05, 3.63) is 17.5 Å². The number of aromatic nitrogens is 2. The monoisotopic (exact) mass is 239 g/mol. The van der Waals surface area contributed by atoms with Crippen molar-refractivity contribution in [3.8, 4) is 0 Å². The number of aromatic carboxylic acids is 1. The summed E-state index contributed by atoms with van der Waals surface area (Å²) in [6, 6.07) is 0.109. The predicted molar refractivity (Wildman–Crippen MR) is 61.8 cm³/mol. The second kappa shape index (κ2) is 4.99. The van der Waals surface area contributed by atoms with Crippen molar-refractivity contribution < 1.29 is 14.7 Å². The fourth-order valence-electron chi connectivity index (χ4n) is 1.35. The fourth-order valence-corrected chi connectivity index (χ4v) is 1.35. The molecule has 1 heterocycles. The minimum atomic E-state index is -1.03. The smallest absolute Gasteiger partial charge is 0.339 e. The zero-order chi connectivity index (χ0) is 13.2. The highest BCUT2D eigenvalue weighted by Gasteiger charge is 2.16. The Morgan fingerprint density at radius 2 is 2.12 bits per heavy atom. The Morgan fingerprint density at radius 3 is 2.53 bits per heavy atom. The molecule has 94 valence electrons. The van der Waals surface area contributed by atoms with Gasteiger partial charge in [-0.1, -0.05) is 0 Å². The average molecular weight is 239 g/mol. The third-order valence-corrected chi connectivity index (χ3v) is 2.64. The van der Waals surface area contributed by atoms with Gasteiger partial charge in [-0.15, -0.1) is 0 Å². The third kappa shape index (κ3) is 3.05. The summed E-state index contributed by atoms with van der Waals surface area (Å²) >= 11 is 0. The van der Waals surface area contributed by atoms with Gasteiger partial charge in [-0.2, -0.15) is 5.10 Å². The SMILES string of the molecule is Cc1nn(CC(=O)N(C)C(C)C)cc1C(=O)O. The standard InChI is InChI=1S/C11H17N3O3/c1-7(2)13(4)10(15)6-14-5-9(11(16)17)8(3)12-14/h5,7H,6H2,1-4H3,(H,16,17). The van der Waals surface area contributed by atoms with E-state index >= 15 is 0 Å². The van der Waals surface area contributed by atoms with E-state index in [4.69, 9.17) is 5.11 Å². The maximum atomic E-state index is 11.8. The van der Waals surface area contributed by atoms with Gasteiger partial charge in [0.1, 0.15) is 12.1 Å². The largest absolute Gasteiger partial charge is 0.478 e. The van der Waals surface area contributed by atoms with E-state index in [0.717, 1.165) is 0 Å². The molecule has 1 amide bonds. The van der Waals surface area contributed by atoms with Crippen molar-refractivity contribution in [2.75, 3.05) is 7.05 Å². The van der Waals surface area contributed by atoms with Crippen molar-refractivity contribution in [1.82, 2.24) is 14.7 Å². The van der Waals surface area contributed by atoms with Gasteiger partial charge in [0.2, 0.25) is 5.91 Å². The number of rotatable bonds is 4. The molecular weight excluding hydrogens is 222 g/mol. The van der Waals surface area contributed by atoms with Gasteiger partial charge < -0.3 is 10.0 Å². The van der Waals surface area contributed by atoms with Gasteiger partial charge in [0.05, 0.1) is 5.69 Å². The van der Waals surface area contributed by atoms with Gasteiger partial charge in [-0.25, -0.2) is 4.79 Å². The highest BCUT2D eigenvalue weighted by atomic mass is 16.4. The maximum Gasteiger partial charge on any atom is 0.339 e. The molecule has 0 radical (unpaired) electrons. The first-order valence-corrected chi connectivity index (χ1v) is 5.36. The lowest BCUT2D eigenvalue weighted by atomic mass is 10.3. The van der Waals surface area contributed by atoms with Crippen LogP contribution in [0.5, 0.6) is 0 Å². The number of carbonyl (C=O) groups excluding carboxylic acids is 1. The molecule has 0 aliphatic carbocycles. The van der Waals surface area contributed by atoms with Crippen LogP contribution in [0.2, 0.25) is 0 Å². The molecule has 6 nitrogen and oxygen atoms in total. The van der Waals surface area contributed by atoms with Crippen molar-refractivity contribution in [3.63, 3.8) is 0 Å². The quantitative estimate of drug-likeness (QED) is 0.841. The van der Waals surface area contributed by atoms with E-state index in [2.05, 4.69) is 5.10 Å². The topological polar surface area (TPSA) is 75.4 Å². The molecule has 6 heteroatoms. The van der Waals surface area contributed by atoms with Crippen LogP contribution in [-0.4, -0.2) is 44.8 Å². The molecule has 17 heavy (non-hydrogen) atoms. The van der Waals surface area contributed by atoms with Gasteiger partial charge in [-0.3, -0.25) is 9.48 Å². The van der Waals surface area contributed by atoms with Crippen LogP contribution in [0, 0.1) is 6.92 Å². The first-order chi connectivity index (χ1) is 7.82. The summed E-state index contributed by atoms with van der Waals surface area (Å²) in [5, 5.41) is 12.9. The Kier molecular flexibility index (Phi) is 3.88. The first-order valence-electron chi connectivity index (χ1n) is 5.36. The zero-order valence-electron chi connectivity index (χ0n) is 10.5. The molecule has 0 saturated carbocycles. The van der Waals surface area contributed by atoms with Crippen LogP contribution in [0.15, 0.2) is 6.20 Å². The van der Waals surface area contributed by atoms with Gasteiger partial charge in [0.15, 0.2) is 0 Å². The lowest BCUT2D eigenvalue weighted by Gasteiger charge is -2.21. The minimum Gasteiger partial charge on any atom is -0.478 e. The first kappa shape index (κ1) is 13.2. The average Bonchev–Trinajstić information content (AvgIpc) is 2.58. The van der Waals surface area contributed by atoms with E-state index in [1.807, 2.05) is 13.8 Å². The molecule has 1 aromatic heterocycles. The summed E-state index contributed by atoms with van der Waals surface area (Å²) in [5.74, 6) is -1.13. The zero-order valence-corrected chi connectivity index (χ0v) is 10.5. The van der Waals surface area contributed by atoms with Crippen molar-refractivity contribution in [2.45, 2.75) is 33.4 Å². The van der Waals surface area contributed by atoms with E-state index in [0.29, 0.717) is 5.69 Å². The summed E-state index contributed by atoms with van der Waals surface area (Å²) in [5.41, 5.74) is 0.544. The Labute approximate surface area is 99.8 Å². The second-order valence-corrected chi connectivity index (χ2v) is 4.23. The third-order valence-electron chi connectivity index (χ3n) is 2.64. The number of likely N-dealkylation sites (N-methyl/N-ethyl adjacent to an activating group) is 1. The van der Waals surface area contributed by atoms with Crippen LogP contribution in [-0.2, 0) is 11.3 Å². The molecular formula is C11H17N3O3. The molecule has 0 fully saturated rings. The fraction of sp³-hybridized carbons (Fsp3) is 0.545. The molecule has 0 aliphatic rings. The number of hydrogen-bond donors (Lipinski definition) is 1. The number of nitrogens with zero attached hydrogens (tertiary/aromatic N) is 3. The minimum absolute atomic E-state index is 0.0583. The molecule has 1 N–H and O–H groups in total. The van der Waals surface area contributed by atoms with Gasteiger partial charge in [0.25, 0.3) is 0 Å². The number of amides is 1. The number of carboxylic acid groups (broad SMARTS) is 1. The van der Waals surface area contributed by atoms with Crippen LogP contribution in [0.1, 0.15) is 29.9 Å². The predicted octanol–water partition coefficient (Wildman–Crippen LogP) is 0.757. The van der Waals surface area contributed by atoms with Crippen LogP contribution in [0.25, 0.3) is 0 Å². The summed E-state index contributed by atoms with van der Waals surface area (Å²) in [6.45, 7) is 5.49. The van der Waals surface area contributed by atoms with E-state index in [1.54, 1.807) is 18.9 Å². The van der Waals surface area contributed by atoms with E-state index in [1.165, 1.54) is 10.9 Å². The van der Waals surface area contributed by atoms with Gasteiger partial charge >= 0.3 is 5.97 Å². The lowest BCUT2D eigenvalue weighted by Crippen LogP contribution is -2.35. The highest BCUT2D eigenvalue weighted by Crippen LogP contribution is 2.06. The highest BCUT2D eigenvalue weighted by molar-refractivity contribution is 5.88. The van der Waals surface area contributed by atoms with Crippen molar-refractivity contribution in [2.24, 2.45) is 0 Å². The van der Waals surface area contributed by atoms with Crippen LogP contribution >= 0.6 is 0 Å². The molecule has 0 atom stereocenters.